The summed E-state index contributed by atoms with van der Waals surface area (Å²) in [5, 5.41) is 6.04. The molecule has 1 atom stereocenters. The van der Waals surface area contributed by atoms with Crippen molar-refractivity contribution < 1.29 is 13.2 Å². The summed E-state index contributed by atoms with van der Waals surface area (Å²) in [6, 6.07) is 11.2. The Balaban J connectivity index is 1.65. The van der Waals surface area contributed by atoms with Crippen LogP contribution in [-0.2, 0) is 16.3 Å². The summed E-state index contributed by atoms with van der Waals surface area (Å²) in [5.41, 5.74) is 3.67. The Bertz CT molecular complexity index is 1360. The van der Waals surface area contributed by atoms with Crippen LogP contribution in [0.4, 0.5) is 23.1 Å². The van der Waals surface area contributed by atoms with Crippen LogP contribution in [0.25, 0.3) is 0 Å². The zero-order valence-electron chi connectivity index (χ0n) is 21.2. The molecule has 2 aromatic carbocycles. The van der Waals surface area contributed by atoms with E-state index in [1.807, 2.05) is 0 Å². The lowest BCUT2D eigenvalue weighted by atomic mass is 9.92. The van der Waals surface area contributed by atoms with Gasteiger partial charge < -0.3 is 15.4 Å². The first kappa shape index (κ1) is 26.2. The summed E-state index contributed by atoms with van der Waals surface area (Å²) < 4.78 is 31.4. The van der Waals surface area contributed by atoms with Gasteiger partial charge in [-0.25, -0.2) is 13.4 Å². The highest BCUT2D eigenvalue weighted by Crippen LogP contribution is 2.38. The molecule has 0 saturated heterocycles. The minimum Gasteiger partial charge on any atom is -0.495 e. The second-order valence-corrected chi connectivity index (χ2v) is 11.9. The predicted molar refractivity (Wildman–Crippen MR) is 145 cm³/mol. The zero-order valence-corrected chi connectivity index (χ0v) is 22.7. The van der Waals surface area contributed by atoms with Gasteiger partial charge in [0.25, 0.3) is 0 Å². The molecular weight excluding hydrogens is 498 g/mol. The number of likely N-dealkylation sites (N-methyl/N-ethyl adjacent to an activating group) is 1. The lowest BCUT2D eigenvalue weighted by Gasteiger charge is -2.35. The van der Waals surface area contributed by atoms with Crippen LogP contribution in [0.5, 0.6) is 5.75 Å². The van der Waals surface area contributed by atoms with Crippen molar-refractivity contribution in [2.45, 2.75) is 50.3 Å². The number of anilines is 4. The molecule has 3 aromatic rings. The van der Waals surface area contributed by atoms with Crippen molar-refractivity contribution in [1.82, 2.24) is 14.9 Å². The van der Waals surface area contributed by atoms with E-state index in [0.29, 0.717) is 29.2 Å². The molecule has 1 unspecified atom stereocenters. The van der Waals surface area contributed by atoms with E-state index in [9.17, 15) is 8.42 Å². The highest BCUT2D eigenvalue weighted by Gasteiger charge is 2.25. The topological polar surface area (TPSA) is 96.5 Å². The molecule has 0 amide bonds. The predicted octanol–water partition coefficient (Wildman–Crippen LogP) is 5.75. The van der Waals surface area contributed by atoms with E-state index in [0.717, 1.165) is 25.2 Å². The fourth-order valence-corrected chi connectivity index (χ4v) is 5.77. The number of hydrogen-bond donors (Lipinski definition) is 2. The number of nitrogens with zero attached hydrogens (tertiary/aromatic N) is 3. The Morgan fingerprint density at radius 2 is 1.94 bits per heavy atom. The molecule has 36 heavy (non-hydrogen) atoms. The van der Waals surface area contributed by atoms with Crippen LogP contribution in [0.15, 0.2) is 47.5 Å². The van der Waals surface area contributed by atoms with E-state index in [-0.39, 0.29) is 9.92 Å². The van der Waals surface area contributed by atoms with Crippen molar-refractivity contribution in [3.8, 4) is 5.75 Å². The molecule has 1 aliphatic heterocycles. The third-order valence-corrected chi connectivity index (χ3v) is 9.08. The Hall–Kier alpha value is -2.88. The van der Waals surface area contributed by atoms with E-state index in [4.69, 9.17) is 16.3 Å². The van der Waals surface area contributed by atoms with Gasteiger partial charge in [-0.1, -0.05) is 30.7 Å². The van der Waals surface area contributed by atoms with Gasteiger partial charge in [-0.15, -0.1) is 0 Å². The molecular formula is C26H32ClN5O3S. The van der Waals surface area contributed by atoms with Crippen LogP contribution >= 0.6 is 11.6 Å². The Morgan fingerprint density at radius 1 is 1.19 bits per heavy atom. The Kier molecular flexibility index (Phi) is 7.73. The average molecular weight is 530 g/mol. The zero-order chi connectivity index (χ0) is 26.0. The van der Waals surface area contributed by atoms with Crippen LogP contribution in [0.3, 0.4) is 0 Å². The second kappa shape index (κ2) is 10.6. The molecule has 1 aliphatic rings. The van der Waals surface area contributed by atoms with E-state index in [1.54, 1.807) is 45.2 Å². The minimum atomic E-state index is -3.51. The van der Waals surface area contributed by atoms with E-state index >= 15 is 0 Å². The number of aromatic nitrogens is 2. The van der Waals surface area contributed by atoms with Crippen molar-refractivity contribution in [2.24, 2.45) is 0 Å². The van der Waals surface area contributed by atoms with Crippen LogP contribution in [-0.4, -0.2) is 48.7 Å². The summed E-state index contributed by atoms with van der Waals surface area (Å²) >= 11 is 6.38. The van der Waals surface area contributed by atoms with Gasteiger partial charge in [0.15, 0.2) is 15.7 Å². The van der Waals surface area contributed by atoms with E-state index in [1.165, 1.54) is 17.3 Å². The van der Waals surface area contributed by atoms with E-state index < -0.39 is 15.1 Å². The monoisotopic (exact) mass is 529 g/mol. The number of nitrogens with one attached hydrogen (secondary N) is 2. The maximum absolute atomic E-state index is 12.9. The molecule has 0 bridgehead atoms. The minimum absolute atomic E-state index is 0.191. The van der Waals surface area contributed by atoms with E-state index in [2.05, 4.69) is 51.5 Å². The maximum Gasteiger partial charge on any atom is 0.229 e. The molecule has 0 aliphatic carbocycles. The average Bonchev–Trinajstić information content (AvgIpc) is 2.86. The normalized spacial score (nSPS) is 16.0. The van der Waals surface area contributed by atoms with Crippen molar-refractivity contribution in [3.05, 3.63) is 58.7 Å². The third kappa shape index (κ3) is 5.14. The molecule has 0 saturated carbocycles. The standard InChI is InChI=1S/C26H32ClN5O3S/c1-6-32-12-11-18-13-22(23(35-5)14-19(18)17(32)4)30-26-28-15-20(27)25(31-26)29-21-9-7-8-10-24(21)36(33,34)16(2)3/h7-10,13-17H,6,11-12H2,1-5H3,(H2,28,29,30,31). The first-order chi connectivity index (χ1) is 17.1. The van der Waals surface area contributed by atoms with Crippen LogP contribution in [0.1, 0.15) is 44.9 Å². The van der Waals surface area contributed by atoms with Gasteiger partial charge in [0.1, 0.15) is 10.8 Å². The summed E-state index contributed by atoms with van der Waals surface area (Å²) in [6.07, 6.45) is 2.42. The number of ether oxygens (including phenoxy) is 1. The number of methoxy groups -OCH3 is 1. The van der Waals surface area contributed by atoms with Gasteiger partial charge >= 0.3 is 0 Å². The van der Waals surface area contributed by atoms with Gasteiger partial charge in [0.2, 0.25) is 5.95 Å². The van der Waals surface area contributed by atoms with Crippen molar-refractivity contribution in [1.29, 1.82) is 0 Å². The lowest BCUT2D eigenvalue weighted by molar-refractivity contribution is 0.209. The van der Waals surface area contributed by atoms with Crippen LogP contribution in [0.2, 0.25) is 5.02 Å². The molecule has 0 fully saturated rings. The highest BCUT2D eigenvalue weighted by atomic mass is 35.5. The van der Waals surface area contributed by atoms with Crippen LogP contribution in [0, 0.1) is 0 Å². The summed E-state index contributed by atoms with van der Waals surface area (Å²) in [6.45, 7) is 9.69. The fraction of sp³-hybridized carbons (Fsp3) is 0.385. The van der Waals surface area contributed by atoms with Gasteiger partial charge in [0.05, 0.1) is 34.8 Å². The summed E-state index contributed by atoms with van der Waals surface area (Å²) in [7, 11) is -1.87. The first-order valence-corrected chi connectivity index (χ1v) is 13.9. The molecule has 192 valence electrons. The molecule has 2 heterocycles. The third-order valence-electron chi connectivity index (χ3n) is 6.59. The number of para-hydroxylation sites is 1. The maximum atomic E-state index is 12.9. The first-order valence-electron chi connectivity index (χ1n) is 12.0. The SMILES string of the molecule is CCN1CCc2cc(Nc3ncc(Cl)c(Nc4ccccc4S(=O)(=O)C(C)C)n3)c(OC)cc2C1C. The second-order valence-electron chi connectivity index (χ2n) is 9.04. The Morgan fingerprint density at radius 3 is 2.64 bits per heavy atom. The van der Waals surface area contributed by atoms with Gasteiger partial charge in [0, 0.05) is 12.6 Å². The largest absolute Gasteiger partial charge is 0.495 e. The fourth-order valence-electron chi connectivity index (χ4n) is 4.43. The van der Waals surface area contributed by atoms with Crippen molar-refractivity contribution >= 4 is 44.6 Å². The molecule has 0 radical (unpaired) electrons. The number of halogens is 1. The summed E-state index contributed by atoms with van der Waals surface area (Å²) in [5.74, 6) is 1.30. The van der Waals surface area contributed by atoms with Gasteiger partial charge in [-0.05, 0) is 69.1 Å². The lowest BCUT2D eigenvalue weighted by Crippen LogP contribution is -2.33. The number of hydrogen-bond acceptors (Lipinski definition) is 8. The van der Waals surface area contributed by atoms with Crippen molar-refractivity contribution in [2.75, 3.05) is 30.8 Å². The quantitative estimate of drug-likeness (QED) is 0.381. The number of fused-ring (bicyclic) bond motifs is 1. The number of rotatable bonds is 8. The number of sulfone groups is 1. The summed E-state index contributed by atoms with van der Waals surface area (Å²) in [4.78, 5) is 11.5. The smallest absolute Gasteiger partial charge is 0.229 e. The van der Waals surface area contributed by atoms with Crippen LogP contribution < -0.4 is 15.4 Å². The van der Waals surface area contributed by atoms with Crippen molar-refractivity contribution in [3.63, 3.8) is 0 Å². The molecule has 4 rings (SSSR count). The van der Waals surface area contributed by atoms with Gasteiger partial charge in [-0.3, -0.25) is 4.90 Å². The Labute approximate surface area is 218 Å². The molecule has 10 heteroatoms. The number of benzene rings is 2. The van der Waals surface area contributed by atoms with Gasteiger partial charge in [-0.2, -0.15) is 4.98 Å². The molecule has 8 nitrogen and oxygen atoms in total. The molecule has 0 spiro atoms. The highest BCUT2D eigenvalue weighted by molar-refractivity contribution is 7.92. The molecule has 2 N–H and O–H groups in total. The molecule has 1 aromatic heterocycles.